The molecule has 0 N–H and O–H groups in total. The van der Waals surface area contributed by atoms with Gasteiger partial charge in [-0.05, 0) is 30.2 Å². The molecule has 0 aromatic heterocycles. The third-order valence-corrected chi connectivity index (χ3v) is 4.47. The number of nitro benzene ring substituents is 1. The molecule has 0 atom stereocenters. The van der Waals surface area contributed by atoms with E-state index >= 15 is 0 Å². The number of likely N-dealkylation sites (N-methyl/N-ethyl adjacent to an activating group) is 2. The molecule has 138 valence electrons. The van der Waals surface area contributed by atoms with Crippen molar-refractivity contribution in [3.63, 3.8) is 0 Å². The summed E-state index contributed by atoms with van der Waals surface area (Å²) in [5.74, 6) is -0.736. The molecule has 0 saturated carbocycles. The van der Waals surface area contributed by atoms with Crippen molar-refractivity contribution in [2.45, 2.75) is 13.5 Å². The van der Waals surface area contributed by atoms with Crippen molar-refractivity contribution in [2.75, 3.05) is 13.6 Å². The summed E-state index contributed by atoms with van der Waals surface area (Å²) < 4.78 is 0. The molecule has 0 bridgehead atoms. The lowest BCUT2D eigenvalue weighted by molar-refractivity contribution is -0.384. The first kappa shape index (κ1) is 18.3. The zero-order valence-corrected chi connectivity index (χ0v) is 15.1. The van der Waals surface area contributed by atoms with Gasteiger partial charge < -0.3 is 4.90 Å². The van der Waals surface area contributed by atoms with Gasteiger partial charge >= 0.3 is 0 Å². The number of carbonyl (C=O) groups excluding carboxylic acids is 2. The Morgan fingerprint density at radius 3 is 2.19 bits per heavy atom. The first-order valence-electron chi connectivity index (χ1n) is 8.54. The molecule has 0 aliphatic carbocycles. The Bertz CT molecular complexity index is 920. The molecule has 1 aliphatic rings. The fourth-order valence-corrected chi connectivity index (χ4v) is 3.15. The second kappa shape index (κ2) is 7.41. The molecule has 2 amide bonds. The summed E-state index contributed by atoms with van der Waals surface area (Å²) in [5.41, 5.74) is 2.01. The number of imide groups is 1. The Hall–Kier alpha value is -3.48. The molecule has 2 aromatic rings. The number of hydrogen-bond donors (Lipinski definition) is 0. The van der Waals surface area contributed by atoms with Gasteiger partial charge in [0, 0.05) is 32.3 Å². The van der Waals surface area contributed by atoms with Gasteiger partial charge in [0.2, 0.25) is 0 Å². The first-order valence-corrected chi connectivity index (χ1v) is 8.54. The third-order valence-electron chi connectivity index (χ3n) is 4.47. The number of nitro groups is 1. The molecule has 1 aliphatic heterocycles. The van der Waals surface area contributed by atoms with Crippen molar-refractivity contribution in [2.24, 2.45) is 0 Å². The van der Waals surface area contributed by atoms with E-state index in [0.29, 0.717) is 17.8 Å². The minimum Gasteiger partial charge on any atom is -0.365 e. The van der Waals surface area contributed by atoms with Gasteiger partial charge in [0.1, 0.15) is 5.70 Å². The fraction of sp³-hybridized carbons (Fsp3) is 0.200. The van der Waals surface area contributed by atoms with Gasteiger partial charge in [-0.1, -0.05) is 30.3 Å². The molecule has 0 saturated heterocycles. The monoisotopic (exact) mass is 365 g/mol. The van der Waals surface area contributed by atoms with Crippen molar-refractivity contribution in [1.29, 1.82) is 0 Å². The first-order chi connectivity index (χ1) is 12.9. The zero-order chi connectivity index (χ0) is 19.6. The van der Waals surface area contributed by atoms with E-state index in [9.17, 15) is 19.7 Å². The normalized spacial score (nSPS) is 14.1. The highest BCUT2D eigenvalue weighted by Crippen LogP contribution is 2.32. The smallest absolute Gasteiger partial charge is 0.277 e. The quantitative estimate of drug-likeness (QED) is 0.446. The van der Waals surface area contributed by atoms with Crippen LogP contribution in [0, 0.1) is 10.1 Å². The van der Waals surface area contributed by atoms with E-state index in [-0.39, 0.29) is 29.6 Å². The minimum absolute atomic E-state index is 0.0670. The van der Waals surface area contributed by atoms with Crippen LogP contribution in [0.15, 0.2) is 60.3 Å². The van der Waals surface area contributed by atoms with E-state index in [0.717, 1.165) is 5.56 Å². The van der Waals surface area contributed by atoms with Gasteiger partial charge in [-0.2, -0.15) is 0 Å². The largest absolute Gasteiger partial charge is 0.365 e. The van der Waals surface area contributed by atoms with Crippen molar-refractivity contribution in [1.82, 2.24) is 9.80 Å². The van der Waals surface area contributed by atoms with Crippen LogP contribution in [0.2, 0.25) is 0 Å². The summed E-state index contributed by atoms with van der Waals surface area (Å²) in [6.07, 6.45) is 0. The zero-order valence-electron chi connectivity index (χ0n) is 15.1. The van der Waals surface area contributed by atoms with Gasteiger partial charge in [-0.15, -0.1) is 0 Å². The van der Waals surface area contributed by atoms with E-state index in [1.54, 1.807) is 18.9 Å². The molecule has 3 rings (SSSR count). The van der Waals surface area contributed by atoms with E-state index in [1.165, 1.54) is 29.2 Å². The topological polar surface area (TPSA) is 83.8 Å². The number of benzene rings is 2. The average molecular weight is 365 g/mol. The fourth-order valence-electron chi connectivity index (χ4n) is 3.15. The van der Waals surface area contributed by atoms with E-state index in [2.05, 4.69) is 0 Å². The van der Waals surface area contributed by atoms with Gasteiger partial charge in [-0.3, -0.25) is 24.6 Å². The highest BCUT2D eigenvalue weighted by molar-refractivity contribution is 6.35. The lowest BCUT2D eigenvalue weighted by Gasteiger charge is -2.21. The second-order valence-corrected chi connectivity index (χ2v) is 6.22. The van der Waals surface area contributed by atoms with Gasteiger partial charge in [-0.25, -0.2) is 0 Å². The Labute approximate surface area is 156 Å². The number of nitrogens with zero attached hydrogens (tertiary/aromatic N) is 3. The predicted octanol–water partition coefficient (Wildman–Crippen LogP) is 2.83. The Balaban J connectivity index is 2.04. The highest BCUT2D eigenvalue weighted by Gasteiger charge is 2.39. The standard InChI is InChI=1S/C20H19N3O4/c1-3-22-19(24)17(15-9-11-16(12-10-15)23(26)27)18(20(22)25)21(2)13-14-7-5-4-6-8-14/h4-12H,3,13H2,1-2H3. The van der Waals surface area contributed by atoms with Crippen LogP contribution in [0.25, 0.3) is 5.57 Å². The number of rotatable bonds is 6. The lowest BCUT2D eigenvalue weighted by Crippen LogP contribution is -2.33. The van der Waals surface area contributed by atoms with Crippen LogP contribution in [0.5, 0.6) is 0 Å². The lowest BCUT2D eigenvalue weighted by atomic mass is 10.0. The maximum Gasteiger partial charge on any atom is 0.277 e. The van der Waals surface area contributed by atoms with Gasteiger partial charge in [0.25, 0.3) is 17.5 Å². The summed E-state index contributed by atoms with van der Waals surface area (Å²) >= 11 is 0. The van der Waals surface area contributed by atoms with Gasteiger partial charge in [0.15, 0.2) is 0 Å². The number of carbonyl (C=O) groups is 2. The van der Waals surface area contributed by atoms with Gasteiger partial charge in [0.05, 0.1) is 10.5 Å². The minimum atomic E-state index is -0.499. The van der Waals surface area contributed by atoms with Crippen molar-refractivity contribution in [3.8, 4) is 0 Å². The summed E-state index contributed by atoms with van der Waals surface area (Å²) in [6, 6.07) is 15.3. The predicted molar refractivity (Wildman–Crippen MR) is 100 cm³/mol. The van der Waals surface area contributed by atoms with Crippen LogP contribution in [0.1, 0.15) is 18.1 Å². The number of amides is 2. The van der Waals surface area contributed by atoms with E-state index in [1.807, 2.05) is 30.3 Å². The van der Waals surface area contributed by atoms with Crippen LogP contribution < -0.4 is 0 Å². The molecule has 7 nitrogen and oxygen atoms in total. The van der Waals surface area contributed by atoms with Crippen LogP contribution in [-0.4, -0.2) is 40.1 Å². The van der Waals surface area contributed by atoms with Crippen LogP contribution in [0.3, 0.4) is 0 Å². The SMILES string of the molecule is CCN1C(=O)C(c2ccc([N+](=O)[O-])cc2)=C(N(C)Cc2ccccc2)C1=O. The number of non-ortho nitro benzene ring substituents is 1. The number of hydrogen-bond acceptors (Lipinski definition) is 5. The molecule has 27 heavy (non-hydrogen) atoms. The Morgan fingerprint density at radius 2 is 1.63 bits per heavy atom. The second-order valence-electron chi connectivity index (χ2n) is 6.22. The summed E-state index contributed by atoms with van der Waals surface area (Å²) in [4.78, 5) is 39.0. The molecule has 0 unspecified atom stereocenters. The molecular formula is C20H19N3O4. The summed E-state index contributed by atoms with van der Waals surface area (Å²) in [7, 11) is 1.76. The molecule has 2 aromatic carbocycles. The third kappa shape index (κ3) is 3.44. The van der Waals surface area contributed by atoms with Crippen molar-refractivity contribution in [3.05, 3.63) is 81.5 Å². The highest BCUT2D eigenvalue weighted by atomic mass is 16.6. The molecular weight excluding hydrogens is 346 g/mol. The summed E-state index contributed by atoms with van der Waals surface area (Å²) in [6.45, 7) is 2.46. The maximum absolute atomic E-state index is 12.8. The molecule has 7 heteroatoms. The average Bonchev–Trinajstić information content (AvgIpc) is 2.92. The molecule has 0 spiro atoms. The molecule has 0 radical (unpaired) electrons. The van der Waals surface area contributed by atoms with E-state index < -0.39 is 4.92 Å². The van der Waals surface area contributed by atoms with Crippen LogP contribution in [-0.2, 0) is 16.1 Å². The van der Waals surface area contributed by atoms with Crippen LogP contribution >= 0.6 is 0 Å². The van der Waals surface area contributed by atoms with Crippen LogP contribution in [0.4, 0.5) is 5.69 Å². The van der Waals surface area contributed by atoms with Crippen molar-refractivity contribution >= 4 is 23.1 Å². The molecule has 1 heterocycles. The van der Waals surface area contributed by atoms with Crippen molar-refractivity contribution < 1.29 is 14.5 Å². The maximum atomic E-state index is 12.8. The Morgan fingerprint density at radius 1 is 1.00 bits per heavy atom. The van der Waals surface area contributed by atoms with E-state index in [4.69, 9.17) is 0 Å². The summed E-state index contributed by atoms with van der Waals surface area (Å²) in [5, 5.41) is 10.9. The Kier molecular flexibility index (Phi) is 5.03. The molecule has 0 fully saturated rings.